The largest absolute Gasteiger partial charge is 0.356 e. The normalized spacial score (nSPS) is 23.0. The summed E-state index contributed by atoms with van der Waals surface area (Å²) in [5, 5.41) is 7.12. The molecule has 2 aliphatic rings. The topological polar surface area (TPSA) is 52.6 Å². The molecule has 3 rings (SSSR count). The van der Waals surface area contributed by atoms with Crippen LogP contribution < -0.4 is 10.6 Å². The third kappa shape index (κ3) is 5.70. The van der Waals surface area contributed by atoms with Gasteiger partial charge < -0.3 is 10.6 Å². The van der Waals surface area contributed by atoms with E-state index in [4.69, 9.17) is 0 Å². The number of nitrogens with one attached hydrogen (secondary N) is 2. The van der Waals surface area contributed by atoms with Gasteiger partial charge in [-0.15, -0.1) is 0 Å². The van der Waals surface area contributed by atoms with Crippen molar-refractivity contribution >= 4 is 5.96 Å². The van der Waals surface area contributed by atoms with Gasteiger partial charge in [-0.3, -0.25) is 14.9 Å². The molecule has 26 heavy (non-hydrogen) atoms. The zero-order valence-corrected chi connectivity index (χ0v) is 16.5. The maximum absolute atomic E-state index is 4.43. The van der Waals surface area contributed by atoms with Crippen LogP contribution in [0.4, 0.5) is 0 Å². The minimum atomic E-state index is 0.512. The molecule has 0 amide bonds. The molecule has 0 aromatic carbocycles. The summed E-state index contributed by atoms with van der Waals surface area (Å²) < 4.78 is 0. The molecule has 0 bridgehead atoms. The van der Waals surface area contributed by atoms with E-state index >= 15 is 0 Å². The maximum Gasteiger partial charge on any atom is 0.191 e. The Morgan fingerprint density at radius 2 is 2.04 bits per heavy atom. The van der Waals surface area contributed by atoms with Crippen LogP contribution >= 0.6 is 0 Å². The Balaban J connectivity index is 1.42. The molecule has 1 saturated carbocycles. The molecule has 5 heteroatoms. The van der Waals surface area contributed by atoms with E-state index in [1.54, 1.807) is 0 Å². The van der Waals surface area contributed by atoms with Gasteiger partial charge in [0.25, 0.3) is 0 Å². The lowest BCUT2D eigenvalue weighted by molar-refractivity contribution is 0.115. The summed E-state index contributed by atoms with van der Waals surface area (Å²) >= 11 is 0. The van der Waals surface area contributed by atoms with Gasteiger partial charge in [-0.05, 0) is 57.2 Å². The Bertz CT molecular complexity index is 562. The molecule has 1 saturated heterocycles. The zero-order valence-electron chi connectivity index (χ0n) is 16.5. The van der Waals surface area contributed by atoms with Crippen molar-refractivity contribution in [1.29, 1.82) is 0 Å². The molecule has 1 aliphatic carbocycles. The molecule has 2 N–H and O–H groups in total. The molecule has 2 fully saturated rings. The standard InChI is InChI=1S/C21H35N5/c1-17-10-11-18(15-24-17)12-13-23-21(22-2)25-19-7-6-14-26(16-19)20-8-4-3-5-9-20/h10-11,15,19-20H,3-9,12-14,16H2,1-2H3,(H2,22,23,25). The van der Waals surface area contributed by atoms with Crippen LogP contribution in [0.25, 0.3) is 0 Å². The Hall–Kier alpha value is -1.62. The number of rotatable bonds is 5. The van der Waals surface area contributed by atoms with Crippen LogP contribution in [0.5, 0.6) is 0 Å². The number of nitrogens with zero attached hydrogens (tertiary/aromatic N) is 3. The highest BCUT2D eigenvalue weighted by atomic mass is 15.2. The monoisotopic (exact) mass is 357 g/mol. The quantitative estimate of drug-likeness (QED) is 0.628. The van der Waals surface area contributed by atoms with Gasteiger partial charge >= 0.3 is 0 Å². The molecule has 5 nitrogen and oxygen atoms in total. The number of piperidine rings is 1. The lowest BCUT2D eigenvalue weighted by atomic mass is 9.92. The Kier molecular flexibility index (Phi) is 7.30. The van der Waals surface area contributed by atoms with Crippen LogP contribution in [0.15, 0.2) is 23.3 Å². The van der Waals surface area contributed by atoms with Gasteiger partial charge in [-0.25, -0.2) is 0 Å². The Labute approximate surface area is 158 Å². The number of guanidine groups is 1. The predicted molar refractivity (Wildman–Crippen MR) is 109 cm³/mol. The minimum absolute atomic E-state index is 0.512. The minimum Gasteiger partial charge on any atom is -0.356 e. The smallest absolute Gasteiger partial charge is 0.191 e. The lowest BCUT2D eigenvalue weighted by Crippen LogP contribution is -2.53. The summed E-state index contributed by atoms with van der Waals surface area (Å²) in [7, 11) is 1.87. The SMILES string of the molecule is CN=C(NCCc1ccc(C)nc1)NC1CCCN(C2CCCCC2)C1. The number of aromatic nitrogens is 1. The Morgan fingerprint density at radius 3 is 2.77 bits per heavy atom. The fourth-order valence-corrected chi connectivity index (χ4v) is 4.26. The van der Waals surface area contributed by atoms with Gasteiger partial charge in [0.2, 0.25) is 0 Å². The van der Waals surface area contributed by atoms with E-state index in [2.05, 4.69) is 37.6 Å². The van der Waals surface area contributed by atoms with Gasteiger partial charge in [-0.1, -0.05) is 25.3 Å². The fraction of sp³-hybridized carbons (Fsp3) is 0.714. The maximum atomic E-state index is 4.43. The molecule has 0 spiro atoms. The van der Waals surface area contributed by atoms with E-state index in [0.717, 1.165) is 37.2 Å². The number of hydrogen-bond acceptors (Lipinski definition) is 3. The van der Waals surface area contributed by atoms with Crippen molar-refractivity contribution in [2.45, 2.75) is 70.4 Å². The van der Waals surface area contributed by atoms with E-state index in [1.807, 2.05) is 20.2 Å². The van der Waals surface area contributed by atoms with Gasteiger partial charge in [0.1, 0.15) is 0 Å². The molecule has 144 valence electrons. The number of aliphatic imine (C=N–C) groups is 1. The highest BCUT2D eigenvalue weighted by Gasteiger charge is 2.27. The van der Waals surface area contributed by atoms with Crippen molar-refractivity contribution in [2.75, 3.05) is 26.7 Å². The van der Waals surface area contributed by atoms with Crippen molar-refractivity contribution in [3.8, 4) is 0 Å². The molecule has 1 aromatic rings. The first-order valence-electron chi connectivity index (χ1n) is 10.4. The predicted octanol–water partition coefficient (Wildman–Crippen LogP) is 2.89. The van der Waals surface area contributed by atoms with Crippen LogP contribution in [0.3, 0.4) is 0 Å². The molecule has 1 atom stereocenters. The summed E-state index contributed by atoms with van der Waals surface area (Å²) in [5.41, 5.74) is 2.33. The summed E-state index contributed by atoms with van der Waals surface area (Å²) in [6, 6.07) is 5.56. The number of aryl methyl sites for hydroxylation is 1. The molecule has 1 aliphatic heterocycles. The van der Waals surface area contributed by atoms with E-state index in [9.17, 15) is 0 Å². The lowest BCUT2D eigenvalue weighted by Gasteiger charge is -2.40. The first-order chi connectivity index (χ1) is 12.7. The third-order valence-corrected chi connectivity index (χ3v) is 5.79. The Morgan fingerprint density at radius 1 is 1.19 bits per heavy atom. The molecule has 2 heterocycles. The molecule has 1 aromatic heterocycles. The molecule has 1 unspecified atom stereocenters. The molecular weight excluding hydrogens is 322 g/mol. The van der Waals surface area contributed by atoms with Gasteiger partial charge in [-0.2, -0.15) is 0 Å². The summed E-state index contributed by atoms with van der Waals surface area (Å²) in [5.74, 6) is 0.931. The average molecular weight is 358 g/mol. The second kappa shape index (κ2) is 9.91. The zero-order chi connectivity index (χ0) is 18.2. The van der Waals surface area contributed by atoms with Crippen LogP contribution in [-0.4, -0.2) is 54.6 Å². The van der Waals surface area contributed by atoms with Crippen LogP contribution in [0, 0.1) is 6.92 Å². The van der Waals surface area contributed by atoms with Crippen molar-refractivity contribution in [1.82, 2.24) is 20.5 Å². The van der Waals surface area contributed by atoms with Crippen LogP contribution in [-0.2, 0) is 6.42 Å². The van der Waals surface area contributed by atoms with Gasteiger partial charge in [0, 0.05) is 44.1 Å². The molecular formula is C21H35N5. The van der Waals surface area contributed by atoms with Gasteiger partial charge in [0.05, 0.1) is 0 Å². The highest BCUT2D eigenvalue weighted by Crippen LogP contribution is 2.25. The molecule has 0 radical (unpaired) electrons. The third-order valence-electron chi connectivity index (χ3n) is 5.79. The van der Waals surface area contributed by atoms with Gasteiger partial charge in [0.15, 0.2) is 5.96 Å². The first-order valence-corrected chi connectivity index (χ1v) is 10.4. The fourth-order valence-electron chi connectivity index (χ4n) is 4.26. The number of pyridine rings is 1. The second-order valence-electron chi connectivity index (χ2n) is 7.83. The summed E-state index contributed by atoms with van der Waals surface area (Å²) in [6.45, 7) is 5.33. The van der Waals surface area contributed by atoms with E-state index in [1.165, 1.54) is 57.1 Å². The number of likely N-dealkylation sites (tertiary alicyclic amines) is 1. The van der Waals surface area contributed by atoms with E-state index in [0.29, 0.717) is 6.04 Å². The summed E-state index contributed by atoms with van der Waals surface area (Å²) in [4.78, 5) is 11.5. The van der Waals surface area contributed by atoms with Crippen molar-refractivity contribution in [3.05, 3.63) is 29.6 Å². The highest BCUT2D eigenvalue weighted by molar-refractivity contribution is 5.80. The van der Waals surface area contributed by atoms with Crippen molar-refractivity contribution in [2.24, 2.45) is 4.99 Å². The van der Waals surface area contributed by atoms with E-state index < -0.39 is 0 Å². The average Bonchev–Trinajstić information content (AvgIpc) is 2.69. The van der Waals surface area contributed by atoms with Crippen molar-refractivity contribution in [3.63, 3.8) is 0 Å². The number of hydrogen-bond donors (Lipinski definition) is 2. The first kappa shape index (κ1) is 19.2. The summed E-state index contributed by atoms with van der Waals surface area (Å²) in [6.07, 6.45) is 12.5. The van der Waals surface area contributed by atoms with Crippen molar-refractivity contribution < 1.29 is 0 Å². The van der Waals surface area contributed by atoms with Crippen LogP contribution in [0.1, 0.15) is 56.2 Å². The van der Waals surface area contributed by atoms with Crippen LogP contribution in [0.2, 0.25) is 0 Å². The second-order valence-corrected chi connectivity index (χ2v) is 7.83. The van der Waals surface area contributed by atoms with E-state index in [-0.39, 0.29) is 0 Å².